The Morgan fingerprint density at radius 3 is 3.00 bits per heavy atom. The molecule has 1 saturated heterocycles. The van der Waals surface area contributed by atoms with Gasteiger partial charge in [0.1, 0.15) is 5.78 Å². The first-order chi connectivity index (χ1) is 4.34. The highest BCUT2D eigenvalue weighted by Gasteiger charge is 2.18. The van der Waals surface area contributed by atoms with E-state index in [2.05, 4.69) is 12.2 Å². The van der Waals surface area contributed by atoms with E-state index in [0.717, 1.165) is 19.4 Å². The molecule has 1 unspecified atom stereocenters. The quantitative estimate of drug-likeness (QED) is 0.558. The zero-order valence-electron chi connectivity index (χ0n) is 5.81. The Bertz CT molecular complexity index is 111. The number of rotatable bonds is 1. The minimum Gasteiger partial charge on any atom is -0.310 e. The maximum Gasteiger partial charge on any atom is 0.149 e. The summed E-state index contributed by atoms with van der Waals surface area (Å²) in [5, 5.41) is 3.05. The highest BCUT2D eigenvalue weighted by molar-refractivity contribution is 5.83. The van der Waals surface area contributed by atoms with Crippen LogP contribution >= 0.6 is 0 Å². The molecule has 0 aliphatic carbocycles. The van der Waals surface area contributed by atoms with Crippen molar-refractivity contribution in [2.24, 2.45) is 5.92 Å². The Labute approximate surface area is 55.6 Å². The van der Waals surface area contributed by atoms with Crippen molar-refractivity contribution in [3.63, 3.8) is 0 Å². The van der Waals surface area contributed by atoms with Crippen LogP contribution in [0.2, 0.25) is 0 Å². The summed E-state index contributed by atoms with van der Waals surface area (Å²) >= 11 is 0. The number of piperidine rings is 1. The van der Waals surface area contributed by atoms with Gasteiger partial charge in [0, 0.05) is 5.92 Å². The van der Waals surface area contributed by atoms with Crippen LogP contribution in [-0.2, 0) is 4.79 Å². The fourth-order valence-corrected chi connectivity index (χ4v) is 1.23. The maximum absolute atomic E-state index is 11.0. The van der Waals surface area contributed by atoms with E-state index < -0.39 is 0 Å². The molecular formula is C7H13NO. The lowest BCUT2D eigenvalue weighted by atomic mass is 9.94. The topological polar surface area (TPSA) is 29.1 Å². The number of nitrogens with one attached hydrogen (secondary N) is 1. The van der Waals surface area contributed by atoms with Crippen LogP contribution in [0.4, 0.5) is 0 Å². The minimum atomic E-state index is 0.353. The number of hydrogen-bond acceptors (Lipinski definition) is 2. The summed E-state index contributed by atoms with van der Waals surface area (Å²) in [6.45, 7) is 3.69. The second kappa shape index (κ2) is 2.97. The molecule has 1 N–H and O–H groups in total. The predicted molar refractivity (Wildman–Crippen MR) is 36.3 cm³/mol. The standard InChI is InChI=1S/C7H13NO/c1-2-6-3-4-8-5-7(6)9/h6,8H,2-5H2,1H3. The Morgan fingerprint density at radius 1 is 1.78 bits per heavy atom. The molecule has 0 radical (unpaired) electrons. The van der Waals surface area contributed by atoms with E-state index >= 15 is 0 Å². The van der Waals surface area contributed by atoms with Gasteiger partial charge in [-0.3, -0.25) is 4.79 Å². The molecule has 0 amide bonds. The van der Waals surface area contributed by atoms with Crippen LogP contribution < -0.4 is 5.32 Å². The number of hydrogen-bond donors (Lipinski definition) is 1. The molecule has 0 saturated carbocycles. The summed E-state index contributed by atoms with van der Waals surface area (Å²) in [5.41, 5.74) is 0. The normalized spacial score (nSPS) is 28.6. The Balaban J connectivity index is 2.39. The second-order valence-corrected chi connectivity index (χ2v) is 2.54. The van der Waals surface area contributed by atoms with E-state index in [-0.39, 0.29) is 0 Å². The molecule has 0 bridgehead atoms. The van der Waals surface area contributed by atoms with Gasteiger partial charge >= 0.3 is 0 Å². The van der Waals surface area contributed by atoms with Gasteiger partial charge in [-0.2, -0.15) is 0 Å². The largest absolute Gasteiger partial charge is 0.310 e. The van der Waals surface area contributed by atoms with Crippen LogP contribution in [0.25, 0.3) is 0 Å². The highest BCUT2D eigenvalue weighted by atomic mass is 16.1. The molecule has 2 heteroatoms. The van der Waals surface area contributed by atoms with Crippen molar-refractivity contribution in [1.29, 1.82) is 0 Å². The average Bonchev–Trinajstić information content (AvgIpc) is 1.89. The molecule has 9 heavy (non-hydrogen) atoms. The highest BCUT2D eigenvalue weighted by Crippen LogP contribution is 2.10. The third-order valence-electron chi connectivity index (χ3n) is 1.92. The van der Waals surface area contributed by atoms with Gasteiger partial charge in [-0.15, -0.1) is 0 Å². The van der Waals surface area contributed by atoms with Crippen molar-refractivity contribution in [3.8, 4) is 0 Å². The van der Waals surface area contributed by atoms with Gasteiger partial charge in [-0.1, -0.05) is 6.92 Å². The van der Waals surface area contributed by atoms with Crippen LogP contribution in [0.3, 0.4) is 0 Å². The van der Waals surface area contributed by atoms with E-state index in [0.29, 0.717) is 18.2 Å². The Morgan fingerprint density at radius 2 is 2.56 bits per heavy atom. The Kier molecular flexibility index (Phi) is 2.22. The monoisotopic (exact) mass is 127 g/mol. The number of carbonyl (C=O) groups is 1. The summed E-state index contributed by atoms with van der Waals surface area (Å²) in [6, 6.07) is 0. The van der Waals surface area contributed by atoms with Gasteiger partial charge in [-0.25, -0.2) is 0 Å². The summed E-state index contributed by atoms with van der Waals surface area (Å²) < 4.78 is 0. The molecule has 1 aliphatic rings. The summed E-state index contributed by atoms with van der Waals surface area (Å²) in [6.07, 6.45) is 2.05. The van der Waals surface area contributed by atoms with Crippen molar-refractivity contribution < 1.29 is 4.79 Å². The zero-order chi connectivity index (χ0) is 6.69. The minimum absolute atomic E-state index is 0.353. The van der Waals surface area contributed by atoms with Crippen molar-refractivity contribution in [1.82, 2.24) is 5.32 Å². The van der Waals surface area contributed by atoms with Crippen molar-refractivity contribution in [2.75, 3.05) is 13.1 Å². The van der Waals surface area contributed by atoms with Crippen LogP contribution in [0, 0.1) is 5.92 Å². The first-order valence-electron chi connectivity index (χ1n) is 3.58. The van der Waals surface area contributed by atoms with E-state index in [1.54, 1.807) is 0 Å². The third kappa shape index (κ3) is 1.52. The molecule has 0 aromatic heterocycles. The first-order valence-corrected chi connectivity index (χ1v) is 3.58. The van der Waals surface area contributed by atoms with Gasteiger partial charge in [0.15, 0.2) is 0 Å². The molecule has 1 heterocycles. The van der Waals surface area contributed by atoms with Crippen LogP contribution in [0.1, 0.15) is 19.8 Å². The van der Waals surface area contributed by atoms with Gasteiger partial charge in [0.2, 0.25) is 0 Å². The van der Waals surface area contributed by atoms with Crippen molar-refractivity contribution in [2.45, 2.75) is 19.8 Å². The van der Waals surface area contributed by atoms with Crippen LogP contribution in [0.5, 0.6) is 0 Å². The summed E-state index contributed by atoms with van der Waals surface area (Å²) in [5.74, 6) is 0.745. The lowest BCUT2D eigenvalue weighted by Crippen LogP contribution is -2.36. The number of ketones is 1. The maximum atomic E-state index is 11.0. The average molecular weight is 127 g/mol. The number of carbonyl (C=O) groups excluding carboxylic acids is 1. The van der Waals surface area contributed by atoms with E-state index in [9.17, 15) is 4.79 Å². The van der Waals surface area contributed by atoms with Crippen LogP contribution in [-0.4, -0.2) is 18.9 Å². The smallest absolute Gasteiger partial charge is 0.149 e. The fourth-order valence-electron chi connectivity index (χ4n) is 1.23. The van der Waals surface area contributed by atoms with E-state index in [1.165, 1.54) is 0 Å². The Hall–Kier alpha value is -0.370. The molecule has 0 aromatic carbocycles. The number of Topliss-reactive ketones (excluding diaryl/α,β-unsaturated/α-hetero) is 1. The molecule has 52 valence electrons. The second-order valence-electron chi connectivity index (χ2n) is 2.54. The van der Waals surface area contributed by atoms with Crippen LogP contribution in [0.15, 0.2) is 0 Å². The summed E-state index contributed by atoms with van der Waals surface area (Å²) in [4.78, 5) is 11.0. The van der Waals surface area contributed by atoms with Gasteiger partial charge in [0.25, 0.3) is 0 Å². The lowest BCUT2D eigenvalue weighted by molar-refractivity contribution is -0.123. The van der Waals surface area contributed by atoms with Crippen molar-refractivity contribution >= 4 is 5.78 Å². The lowest BCUT2D eigenvalue weighted by Gasteiger charge is -2.19. The summed E-state index contributed by atoms with van der Waals surface area (Å²) in [7, 11) is 0. The van der Waals surface area contributed by atoms with Gasteiger partial charge < -0.3 is 5.32 Å². The van der Waals surface area contributed by atoms with E-state index in [4.69, 9.17) is 0 Å². The third-order valence-corrected chi connectivity index (χ3v) is 1.92. The first kappa shape index (κ1) is 6.75. The molecule has 1 aliphatic heterocycles. The van der Waals surface area contributed by atoms with Gasteiger partial charge in [-0.05, 0) is 19.4 Å². The molecule has 1 rings (SSSR count). The van der Waals surface area contributed by atoms with E-state index in [1.807, 2.05) is 0 Å². The molecule has 2 nitrogen and oxygen atoms in total. The molecular weight excluding hydrogens is 114 g/mol. The molecule has 1 fully saturated rings. The molecule has 0 aromatic rings. The van der Waals surface area contributed by atoms with Gasteiger partial charge in [0.05, 0.1) is 6.54 Å². The SMILES string of the molecule is CCC1CCNCC1=O. The fraction of sp³-hybridized carbons (Fsp3) is 0.857. The predicted octanol–water partition coefficient (Wildman–Crippen LogP) is 0.575. The molecule has 0 spiro atoms. The van der Waals surface area contributed by atoms with Crippen molar-refractivity contribution in [3.05, 3.63) is 0 Å². The zero-order valence-corrected chi connectivity index (χ0v) is 5.81. The molecule has 1 atom stereocenters.